The molecule has 0 bridgehead atoms. The highest BCUT2D eigenvalue weighted by Gasteiger charge is 2.01. The van der Waals surface area contributed by atoms with Crippen molar-refractivity contribution in [2.24, 2.45) is 0 Å². The number of halogens is 1. The number of aromatic hydroxyl groups is 1. The molecule has 0 spiro atoms. The zero-order valence-corrected chi connectivity index (χ0v) is 13.1. The van der Waals surface area contributed by atoms with Gasteiger partial charge in [-0.1, -0.05) is 28.1 Å². The topological polar surface area (TPSA) is 32.3 Å². The first-order valence-electron chi connectivity index (χ1n) is 6.00. The molecule has 0 aromatic heterocycles. The number of hydrogen-bond acceptors (Lipinski definition) is 3. The highest BCUT2D eigenvalue weighted by atomic mass is 79.9. The zero-order chi connectivity index (χ0) is 13.7. The van der Waals surface area contributed by atoms with Gasteiger partial charge in [0.1, 0.15) is 5.75 Å². The van der Waals surface area contributed by atoms with Crippen LogP contribution in [0.2, 0.25) is 0 Å². The molecule has 2 nitrogen and oxygen atoms in total. The van der Waals surface area contributed by atoms with Crippen LogP contribution in [0.1, 0.15) is 11.1 Å². The van der Waals surface area contributed by atoms with Crippen LogP contribution in [0.25, 0.3) is 0 Å². The van der Waals surface area contributed by atoms with Gasteiger partial charge < -0.3 is 10.4 Å². The van der Waals surface area contributed by atoms with Crippen LogP contribution in [0.3, 0.4) is 0 Å². The summed E-state index contributed by atoms with van der Waals surface area (Å²) in [6.07, 6.45) is 2.07. The summed E-state index contributed by atoms with van der Waals surface area (Å²) in [5.41, 5.74) is 2.14. The third-order valence-electron chi connectivity index (χ3n) is 2.85. The van der Waals surface area contributed by atoms with Crippen molar-refractivity contribution in [3.05, 3.63) is 58.1 Å². The molecule has 0 aliphatic carbocycles. The molecule has 0 saturated heterocycles. The predicted octanol–water partition coefficient (Wildman–Crippen LogP) is 4.17. The van der Waals surface area contributed by atoms with E-state index in [1.807, 2.05) is 12.1 Å². The molecule has 19 heavy (non-hydrogen) atoms. The van der Waals surface area contributed by atoms with Crippen molar-refractivity contribution in [1.82, 2.24) is 5.32 Å². The standard InChI is InChI=1S/C15H16BrNOS/c1-19-14-5-2-11(3-6-14)9-17-10-12-8-13(16)4-7-15(12)18/h2-8,17-18H,9-10H2,1H3. The van der Waals surface area contributed by atoms with E-state index in [2.05, 4.69) is 51.8 Å². The summed E-state index contributed by atoms with van der Waals surface area (Å²) in [7, 11) is 0. The lowest BCUT2D eigenvalue weighted by atomic mass is 10.2. The Hall–Kier alpha value is -0.970. The third kappa shape index (κ3) is 4.27. The van der Waals surface area contributed by atoms with Crippen LogP contribution >= 0.6 is 27.7 Å². The number of hydrogen-bond donors (Lipinski definition) is 2. The van der Waals surface area contributed by atoms with E-state index in [4.69, 9.17) is 0 Å². The normalized spacial score (nSPS) is 10.6. The summed E-state index contributed by atoms with van der Waals surface area (Å²) in [5.74, 6) is 0.327. The van der Waals surface area contributed by atoms with Crippen molar-refractivity contribution in [3.63, 3.8) is 0 Å². The van der Waals surface area contributed by atoms with Gasteiger partial charge in [-0.3, -0.25) is 0 Å². The van der Waals surface area contributed by atoms with Crippen LogP contribution in [0, 0.1) is 0 Å². The van der Waals surface area contributed by atoms with Gasteiger partial charge in [-0.05, 0) is 42.2 Å². The van der Waals surface area contributed by atoms with Gasteiger partial charge in [0.15, 0.2) is 0 Å². The summed E-state index contributed by atoms with van der Waals surface area (Å²) in [5, 5.41) is 13.1. The first-order chi connectivity index (χ1) is 9.19. The number of rotatable bonds is 5. The van der Waals surface area contributed by atoms with Crippen molar-refractivity contribution < 1.29 is 5.11 Å². The number of nitrogens with one attached hydrogen (secondary N) is 1. The Morgan fingerprint density at radius 1 is 1.11 bits per heavy atom. The number of benzene rings is 2. The van der Waals surface area contributed by atoms with E-state index in [1.165, 1.54) is 10.5 Å². The van der Waals surface area contributed by atoms with Crippen LogP contribution in [-0.2, 0) is 13.1 Å². The van der Waals surface area contributed by atoms with Crippen LogP contribution in [0.15, 0.2) is 51.8 Å². The molecule has 0 radical (unpaired) electrons. The van der Waals surface area contributed by atoms with Gasteiger partial charge in [0.05, 0.1) is 0 Å². The van der Waals surface area contributed by atoms with E-state index in [9.17, 15) is 5.11 Å². The molecule has 4 heteroatoms. The first kappa shape index (κ1) is 14.4. The molecule has 0 heterocycles. The monoisotopic (exact) mass is 337 g/mol. The predicted molar refractivity (Wildman–Crippen MR) is 84.6 cm³/mol. The van der Waals surface area contributed by atoms with Crippen LogP contribution < -0.4 is 5.32 Å². The third-order valence-corrected chi connectivity index (χ3v) is 4.08. The molecule has 0 saturated carbocycles. The number of thioether (sulfide) groups is 1. The van der Waals surface area contributed by atoms with E-state index in [0.717, 1.165) is 16.6 Å². The molecule has 0 unspecified atom stereocenters. The van der Waals surface area contributed by atoms with Crippen LogP contribution in [-0.4, -0.2) is 11.4 Å². The van der Waals surface area contributed by atoms with Gasteiger partial charge in [-0.15, -0.1) is 11.8 Å². The summed E-state index contributed by atoms with van der Waals surface area (Å²) >= 11 is 5.15. The highest BCUT2D eigenvalue weighted by Crippen LogP contribution is 2.21. The van der Waals surface area contributed by atoms with E-state index >= 15 is 0 Å². The molecule has 100 valence electrons. The van der Waals surface area contributed by atoms with E-state index in [0.29, 0.717) is 12.3 Å². The van der Waals surface area contributed by atoms with E-state index < -0.39 is 0 Å². The van der Waals surface area contributed by atoms with Gasteiger partial charge in [0.25, 0.3) is 0 Å². The molecule has 0 aliphatic heterocycles. The SMILES string of the molecule is CSc1ccc(CNCc2cc(Br)ccc2O)cc1. The number of phenolic OH excluding ortho intramolecular Hbond substituents is 1. The minimum Gasteiger partial charge on any atom is -0.508 e. The van der Waals surface area contributed by atoms with Gasteiger partial charge in [0, 0.05) is 28.0 Å². The fourth-order valence-corrected chi connectivity index (χ4v) is 2.60. The summed E-state index contributed by atoms with van der Waals surface area (Å²) < 4.78 is 0.978. The molecule has 2 rings (SSSR count). The Balaban J connectivity index is 1.90. The average Bonchev–Trinajstić information content (AvgIpc) is 2.43. The first-order valence-corrected chi connectivity index (χ1v) is 8.02. The van der Waals surface area contributed by atoms with Crippen molar-refractivity contribution in [2.45, 2.75) is 18.0 Å². The summed E-state index contributed by atoms with van der Waals surface area (Å²) in [4.78, 5) is 1.27. The Labute approximate surface area is 126 Å². The maximum absolute atomic E-state index is 9.74. The molecule has 2 N–H and O–H groups in total. The Morgan fingerprint density at radius 2 is 1.84 bits per heavy atom. The molecular weight excluding hydrogens is 322 g/mol. The molecular formula is C15H16BrNOS. The summed E-state index contributed by atoms with van der Waals surface area (Å²) in [6, 6.07) is 14.0. The van der Waals surface area contributed by atoms with E-state index in [1.54, 1.807) is 17.8 Å². The minimum absolute atomic E-state index is 0.327. The van der Waals surface area contributed by atoms with Crippen LogP contribution in [0.5, 0.6) is 5.75 Å². The Morgan fingerprint density at radius 3 is 2.53 bits per heavy atom. The minimum atomic E-state index is 0.327. The molecule has 2 aromatic carbocycles. The second kappa shape index (κ2) is 6.98. The zero-order valence-electron chi connectivity index (χ0n) is 10.7. The molecule has 0 atom stereocenters. The largest absolute Gasteiger partial charge is 0.508 e. The van der Waals surface area contributed by atoms with Crippen LogP contribution in [0.4, 0.5) is 0 Å². The lowest BCUT2D eigenvalue weighted by Gasteiger charge is -2.08. The maximum atomic E-state index is 9.74. The fourth-order valence-electron chi connectivity index (χ4n) is 1.78. The van der Waals surface area contributed by atoms with Crippen molar-refractivity contribution in [1.29, 1.82) is 0 Å². The second-order valence-electron chi connectivity index (χ2n) is 4.22. The van der Waals surface area contributed by atoms with Gasteiger partial charge in [-0.2, -0.15) is 0 Å². The smallest absolute Gasteiger partial charge is 0.120 e. The highest BCUT2D eigenvalue weighted by molar-refractivity contribution is 9.10. The maximum Gasteiger partial charge on any atom is 0.120 e. The van der Waals surface area contributed by atoms with Crippen molar-refractivity contribution in [2.75, 3.05) is 6.26 Å². The van der Waals surface area contributed by atoms with Crippen molar-refractivity contribution >= 4 is 27.7 Å². The van der Waals surface area contributed by atoms with E-state index in [-0.39, 0.29) is 0 Å². The summed E-state index contributed by atoms with van der Waals surface area (Å²) in [6.45, 7) is 1.44. The Kier molecular flexibility index (Phi) is 5.31. The van der Waals surface area contributed by atoms with Crippen molar-refractivity contribution in [3.8, 4) is 5.75 Å². The number of phenols is 1. The molecule has 0 amide bonds. The molecule has 0 aliphatic rings. The Bertz CT molecular complexity index is 542. The molecule has 2 aromatic rings. The van der Waals surface area contributed by atoms with Gasteiger partial charge >= 0.3 is 0 Å². The average molecular weight is 338 g/mol. The second-order valence-corrected chi connectivity index (χ2v) is 6.02. The lowest BCUT2D eigenvalue weighted by Crippen LogP contribution is -2.12. The quantitative estimate of drug-likeness (QED) is 0.803. The molecule has 0 fully saturated rings. The lowest BCUT2D eigenvalue weighted by molar-refractivity contribution is 0.464. The fraction of sp³-hybridized carbons (Fsp3) is 0.200. The van der Waals surface area contributed by atoms with Gasteiger partial charge in [0.2, 0.25) is 0 Å². The van der Waals surface area contributed by atoms with Gasteiger partial charge in [-0.25, -0.2) is 0 Å².